The maximum absolute atomic E-state index is 12.5. The molecule has 156 valence electrons. The Labute approximate surface area is 179 Å². The molecule has 0 aliphatic heterocycles. The van der Waals surface area contributed by atoms with Crippen LogP contribution in [0.3, 0.4) is 0 Å². The minimum Gasteiger partial charge on any atom is -0.487 e. The number of hydrogen-bond donors (Lipinski definition) is 1. The fourth-order valence-corrected chi connectivity index (χ4v) is 3.12. The van der Waals surface area contributed by atoms with Crippen LogP contribution in [0.1, 0.15) is 17.7 Å². The molecule has 0 aliphatic rings. The van der Waals surface area contributed by atoms with Crippen molar-refractivity contribution in [1.82, 2.24) is 19.9 Å². The minimum atomic E-state index is -0.139. The third kappa shape index (κ3) is 5.33. The molecule has 2 aromatic carbocycles. The van der Waals surface area contributed by atoms with E-state index in [1.165, 1.54) is 10.9 Å². The Balaban J connectivity index is 1.25. The standard InChI is InChI=1S/C24H22N4O3/c29-23(12-14-28-17-27-22-7-2-1-6-21(22)24(28)30)26-15-18-8-10-20(11-9-18)31-16-19-5-3-4-13-25-19/h1-11,13,17H,12,14-16H2,(H,26,29). The van der Waals surface area contributed by atoms with Crippen LogP contribution in [0, 0.1) is 0 Å². The molecule has 4 rings (SSSR count). The number of aromatic nitrogens is 3. The second kappa shape index (κ2) is 9.67. The highest BCUT2D eigenvalue weighted by molar-refractivity contribution is 5.77. The molecule has 0 aliphatic carbocycles. The van der Waals surface area contributed by atoms with Crippen LogP contribution in [0.4, 0.5) is 0 Å². The van der Waals surface area contributed by atoms with E-state index in [0.717, 1.165) is 17.0 Å². The van der Waals surface area contributed by atoms with Gasteiger partial charge < -0.3 is 10.1 Å². The number of benzene rings is 2. The van der Waals surface area contributed by atoms with Gasteiger partial charge in [0, 0.05) is 25.7 Å². The minimum absolute atomic E-state index is 0.129. The number of nitrogens with zero attached hydrogens (tertiary/aromatic N) is 3. The van der Waals surface area contributed by atoms with Gasteiger partial charge in [-0.1, -0.05) is 30.3 Å². The van der Waals surface area contributed by atoms with E-state index in [-0.39, 0.29) is 24.4 Å². The second-order valence-electron chi connectivity index (χ2n) is 7.04. The van der Waals surface area contributed by atoms with Crippen molar-refractivity contribution in [2.24, 2.45) is 0 Å². The monoisotopic (exact) mass is 414 g/mol. The number of pyridine rings is 1. The van der Waals surface area contributed by atoms with E-state index in [9.17, 15) is 9.59 Å². The van der Waals surface area contributed by atoms with Crippen molar-refractivity contribution in [3.8, 4) is 5.75 Å². The molecule has 1 amide bonds. The smallest absolute Gasteiger partial charge is 0.261 e. The van der Waals surface area contributed by atoms with Gasteiger partial charge in [-0.3, -0.25) is 19.1 Å². The molecule has 0 unspecified atom stereocenters. The summed E-state index contributed by atoms with van der Waals surface area (Å²) in [6, 6.07) is 20.4. The lowest BCUT2D eigenvalue weighted by Crippen LogP contribution is -2.27. The van der Waals surface area contributed by atoms with Crippen molar-refractivity contribution in [3.05, 3.63) is 101 Å². The molecule has 0 bridgehead atoms. The number of carbonyl (C=O) groups excluding carboxylic acids is 1. The van der Waals surface area contributed by atoms with Gasteiger partial charge in [0.1, 0.15) is 12.4 Å². The predicted octanol–water partition coefficient (Wildman–Crippen LogP) is 3.08. The zero-order valence-electron chi connectivity index (χ0n) is 16.9. The first kappa shape index (κ1) is 20.3. The molecule has 7 heteroatoms. The Bertz CT molecular complexity index is 1220. The highest BCUT2D eigenvalue weighted by Gasteiger charge is 2.07. The van der Waals surface area contributed by atoms with Gasteiger partial charge in [0.25, 0.3) is 5.56 Å². The van der Waals surface area contributed by atoms with Gasteiger partial charge in [0.05, 0.1) is 22.9 Å². The number of amides is 1. The molecule has 1 N–H and O–H groups in total. The fraction of sp³-hybridized carbons (Fsp3) is 0.167. The van der Waals surface area contributed by atoms with E-state index in [4.69, 9.17) is 4.74 Å². The molecule has 31 heavy (non-hydrogen) atoms. The average Bonchev–Trinajstić information content (AvgIpc) is 2.82. The first-order valence-corrected chi connectivity index (χ1v) is 10.0. The summed E-state index contributed by atoms with van der Waals surface area (Å²) >= 11 is 0. The summed E-state index contributed by atoms with van der Waals surface area (Å²) in [6.45, 7) is 1.09. The lowest BCUT2D eigenvalue weighted by atomic mass is 10.2. The molecular formula is C24H22N4O3. The highest BCUT2D eigenvalue weighted by Crippen LogP contribution is 2.13. The van der Waals surface area contributed by atoms with E-state index in [1.54, 1.807) is 24.4 Å². The quantitative estimate of drug-likeness (QED) is 0.479. The topological polar surface area (TPSA) is 86.1 Å². The highest BCUT2D eigenvalue weighted by atomic mass is 16.5. The van der Waals surface area contributed by atoms with Crippen molar-refractivity contribution < 1.29 is 9.53 Å². The lowest BCUT2D eigenvalue weighted by molar-refractivity contribution is -0.121. The largest absolute Gasteiger partial charge is 0.487 e. The number of rotatable bonds is 8. The summed E-state index contributed by atoms with van der Waals surface area (Å²) in [7, 11) is 0. The molecular weight excluding hydrogens is 392 g/mol. The molecule has 4 aromatic rings. The molecule has 0 spiro atoms. The summed E-state index contributed by atoms with van der Waals surface area (Å²) < 4.78 is 7.18. The van der Waals surface area contributed by atoms with Crippen molar-refractivity contribution in [2.75, 3.05) is 0 Å². The zero-order valence-corrected chi connectivity index (χ0v) is 16.9. The van der Waals surface area contributed by atoms with Gasteiger partial charge >= 0.3 is 0 Å². The first-order valence-electron chi connectivity index (χ1n) is 10.0. The lowest BCUT2D eigenvalue weighted by Gasteiger charge is -2.09. The van der Waals surface area contributed by atoms with Crippen LogP contribution in [0.25, 0.3) is 10.9 Å². The third-order valence-electron chi connectivity index (χ3n) is 4.84. The molecule has 0 saturated carbocycles. The summed E-state index contributed by atoms with van der Waals surface area (Å²) in [4.78, 5) is 33.2. The Morgan fingerprint density at radius 3 is 2.58 bits per heavy atom. The van der Waals surface area contributed by atoms with Crippen LogP contribution in [-0.2, 0) is 24.5 Å². The van der Waals surface area contributed by atoms with E-state index >= 15 is 0 Å². The van der Waals surface area contributed by atoms with Gasteiger partial charge in [0.15, 0.2) is 0 Å². The maximum Gasteiger partial charge on any atom is 0.261 e. The van der Waals surface area contributed by atoms with Crippen molar-refractivity contribution >= 4 is 16.8 Å². The van der Waals surface area contributed by atoms with E-state index in [0.29, 0.717) is 24.1 Å². The van der Waals surface area contributed by atoms with E-state index < -0.39 is 0 Å². The average molecular weight is 414 g/mol. The Hall–Kier alpha value is -4.00. The SMILES string of the molecule is O=C(CCn1cnc2ccccc2c1=O)NCc1ccc(OCc2ccccn2)cc1. The second-order valence-corrected chi connectivity index (χ2v) is 7.04. The Morgan fingerprint density at radius 1 is 0.968 bits per heavy atom. The van der Waals surface area contributed by atoms with Crippen molar-refractivity contribution in [2.45, 2.75) is 26.1 Å². The zero-order chi connectivity index (χ0) is 21.5. The molecule has 2 heterocycles. The van der Waals surface area contributed by atoms with Crippen LogP contribution in [-0.4, -0.2) is 20.4 Å². The van der Waals surface area contributed by atoms with Crippen LogP contribution in [0.2, 0.25) is 0 Å². The summed E-state index contributed by atoms with van der Waals surface area (Å²) in [5, 5.41) is 3.43. The number of aryl methyl sites for hydroxylation is 1. The molecule has 0 radical (unpaired) electrons. The summed E-state index contributed by atoms with van der Waals surface area (Å²) in [5.41, 5.74) is 2.34. The molecule has 2 aromatic heterocycles. The predicted molar refractivity (Wildman–Crippen MR) is 117 cm³/mol. The Kier molecular flexibility index (Phi) is 6.32. The van der Waals surface area contributed by atoms with Crippen LogP contribution >= 0.6 is 0 Å². The number of fused-ring (bicyclic) bond motifs is 1. The van der Waals surface area contributed by atoms with E-state index in [1.807, 2.05) is 48.5 Å². The van der Waals surface area contributed by atoms with Gasteiger partial charge in [-0.05, 0) is 42.0 Å². The third-order valence-corrected chi connectivity index (χ3v) is 4.84. The van der Waals surface area contributed by atoms with Crippen molar-refractivity contribution in [3.63, 3.8) is 0 Å². The Morgan fingerprint density at radius 2 is 1.77 bits per heavy atom. The molecule has 0 saturated heterocycles. The molecule has 0 atom stereocenters. The van der Waals surface area contributed by atoms with Crippen molar-refractivity contribution in [1.29, 1.82) is 0 Å². The number of para-hydroxylation sites is 1. The van der Waals surface area contributed by atoms with Gasteiger partial charge in [-0.25, -0.2) is 4.98 Å². The summed E-state index contributed by atoms with van der Waals surface area (Å²) in [5.74, 6) is 0.611. The van der Waals surface area contributed by atoms with Gasteiger partial charge in [-0.15, -0.1) is 0 Å². The van der Waals surface area contributed by atoms with E-state index in [2.05, 4.69) is 15.3 Å². The van der Waals surface area contributed by atoms with Crippen LogP contribution in [0.15, 0.2) is 84.0 Å². The normalized spacial score (nSPS) is 10.7. The van der Waals surface area contributed by atoms with Gasteiger partial charge in [-0.2, -0.15) is 0 Å². The number of hydrogen-bond acceptors (Lipinski definition) is 5. The molecule has 7 nitrogen and oxygen atoms in total. The molecule has 0 fully saturated rings. The maximum atomic E-state index is 12.5. The summed E-state index contributed by atoms with van der Waals surface area (Å²) in [6.07, 6.45) is 3.42. The van der Waals surface area contributed by atoms with Crippen LogP contribution in [0.5, 0.6) is 5.75 Å². The first-order chi connectivity index (χ1) is 15.2. The number of carbonyl (C=O) groups is 1. The fourth-order valence-electron chi connectivity index (χ4n) is 3.12. The van der Waals surface area contributed by atoms with Crippen LogP contribution < -0.4 is 15.6 Å². The van der Waals surface area contributed by atoms with Gasteiger partial charge in [0.2, 0.25) is 5.91 Å². The number of nitrogens with one attached hydrogen (secondary N) is 1. The number of ether oxygens (including phenoxy) is 1.